The number of rotatable bonds is 14. The van der Waals surface area contributed by atoms with Crippen molar-refractivity contribution < 1.29 is 0 Å². The molecule has 0 spiro atoms. The Kier molecular flexibility index (Phi) is 14.3. The molecule has 0 bridgehead atoms. The monoisotopic (exact) mass is 269 g/mol. The summed E-state index contributed by atoms with van der Waals surface area (Å²) in [6, 6.07) is 0.458. The highest BCUT2D eigenvalue weighted by Crippen LogP contribution is 2.17. The second-order valence-corrected chi connectivity index (χ2v) is 6.49. The van der Waals surface area contributed by atoms with Gasteiger partial charge in [0.25, 0.3) is 0 Å². The van der Waals surface area contributed by atoms with E-state index in [4.69, 9.17) is 5.73 Å². The molecule has 0 aromatic rings. The Morgan fingerprint density at radius 2 is 1.16 bits per heavy atom. The lowest BCUT2D eigenvalue weighted by atomic mass is 9.94. The molecule has 2 atom stereocenters. The van der Waals surface area contributed by atoms with Crippen LogP contribution in [0.5, 0.6) is 0 Å². The molecule has 0 saturated heterocycles. The molecule has 0 aromatic heterocycles. The summed E-state index contributed by atoms with van der Waals surface area (Å²) in [5, 5.41) is 0. The maximum absolute atomic E-state index is 6.21. The van der Waals surface area contributed by atoms with E-state index in [1.165, 1.54) is 83.5 Å². The summed E-state index contributed by atoms with van der Waals surface area (Å²) in [6.45, 7) is 6.95. The van der Waals surface area contributed by atoms with Crippen molar-refractivity contribution in [2.45, 2.75) is 110 Å². The maximum atomic E-state index is 6.21. The third-order valence-electron chi connectivity index (χ3n) is 4.26. The standard InChI is InChI=1S/C18H39N/c1-4-6-8-10-12-14-18(19)16-15-17(3)13-11-9-7-5-2/h17-18H,4-16,19H2,1-3H3. The molecule has 0 aromatic carbocycles. The van der Waals surface area contributed by atoms with E-state index in [1.807, 2.05) is 0 Å². The highest BCUT2D eigenvalue weighted by molar-refractivity contribution is 4.64. The summed E-state index contributed by atoms with van der Waals surface area (Å²) < 4.78 is 0. The van der Waals surface area contributed by atoms with Crippen molar-refractivity contribution in [3.63, 3.8) is 0 Å². The summed E-state index contributed by atoms with van der Waals surface area (Å²) in [5.74, 6) is 0.878. The molecule has 2 N–H and O–H groups in total. The Morgan fingerprint density at radius 3 is 1.79 bits per heavy atom. The molecule has 0 fully saturated rings. The maximum Gasteiger partial charge on any atom is 0.00389 e. The molecule has 0 amide bonds. The summed E-state index contributed by atoms with van der Waals surface area (Å²) in [7, 11) is 0. The van der Waals surface area contributed by atoms with Gasteiger partial charge in [-0.3, -0.25) is 0 Å². The van der Waals surface area contributed by atoms with Crippen molar-refractivity contribution in [3.8, 4) is 0 Å². The van der Waals surface area contributed by atoms with Crippen LogP contribution in [0.1, 0.15) is 104 Å². The van der Waals surface area contributed by atoms with E-state index >= 15 is 0 Å². The third-order valence-corrected chi connectivity index (χ3v) is 4.26. The van der Waals surface area contributed by atoms with Crippen molar-refractivity contribution >= 4 is 0 Å². The van der Waals surface area contributed by atoms with Gasteiger partial charge in [-0.2, -0.15) is 0 Å². The predicted molar refractivity (Wildman–Crippen MR) is 88.5 cm³/mol. The van der Waals surface area contributed by atoms with E-state index in [0.717, 1.165) is 5.92 Å². The summed E-state index contributed by atoms with van der Waals surface area (Å²) in [6.07, 6.45) is 17.7. The highest BCUT2D eigenvalue weighted by Gasteiger charge is 2.07. The van der Waals surface area contributed by atoms with Crippen molar-refractivity contribution in [3.05, 3.63) is 0 Å². The molecule has 0 heterocycles. The van der Waals surface area contributed by atoms with E-state index < -0.39 is 0 Å². The lowest BCUT2D eigenvalue weighted by Crippen LogP contribution is -2.20. The number of nitrogens with two attached hydrogens (primary N) is 1. The van der Waals surface area contributed by atoms with Crippen molar-refractivity contribution in [2.75, 3.05) is 0 Å². The normalized spacial score (nSPS) is 14.5. The average Bonchev–Trinajstić information content (AvgIpc) is 2.41. The zero-order valence-corrected chi connectivity index (χ0v) is 13.9. The molecule has 1 heteroatoms. The van der Waals surface area contributed by atoms with E-state index in [0.29, 0.717) is 6.04 Å². The van der Waals surface area contributed by atoms with Gasteiger partial charge in [-0.05, 0) is 25.2 Å². The first kappa shape index (κ1) is 19.0. The van der Waals surface area contributed by atoms with Crippen LogP contribution in [0, 0.1) is 5.92 Å². The van der Waals surface area contributed by atoms with Crippen molar-refractivity contribution in [1.82, 2.24) is 0 Å². The van der Waals surface area contributed by atoms with Crippen LogP contribution in [0.4, 0.5) is 0 Å². The third kappa shape index (κ3) is 14.2. The Balaban J connectivity index is 3.32. The first-order valence-electron chi connectivity index (χ1n) is 8.96. The minimum atomic E-state index is 0.458. The fraction of sp³-hybridized carbons (Fsp3) is 1.00. The van der Waals surface area contributed by atoms with Crippen LogP contribution >= 0.6 is 0 Å². The topological polar surface area (TPSA) is 26.0 Å². The molecule has 0 radical (unpaired) electrons. The van der Waals surface area contributed by atoms with Crippen LogP contribution in [0.3, 0.4) is 0 Å². The molecule has 2 unspecified atom stereocenters. The van der Waals surface area contributed by atoms with Gasteiger partial charge in [-0.25, -0.2) is 0 Å². The summed E-state index contributed by atoms with van der Waals surface area (Å²) in [5.41, 5.74) is 6.21. The lowest BCUT2D eigenvalue weighted by molar-refractivity contribution is 0.410. The van der Waals surface area contributed by atoms with Gasteiger partial charge in [0.2, 0.25) is 0 Å². The zero-order chi connectivity index (χ0) is 14.3. The van der Waals surface area contributed by atoms with Crippen LogP contribution in [0.25, 0.3) is 0 Å². The van der Waals surface area contributed by atoms with Crippen LogP contribution in [0.2, 0.25) is 0 Å². The zero-order valence-electron chi connectivity index (χ0n) is 13.9. The number of unbranched alkanes of at least 4 members (excludes halogenated alkanes) is 7. The number of hydrogen-bond donors (Lipinski definition) is 1. The smallest absolute Gasteiger partial charge is 0.00389 e. The highest BCUT2D eigenvalue weighted by atomic mass is 14.6. The fourth-order valence-corrected chi connectivity index (χ4v) is 2.72. The van der Waals surface area contributed by atoms with Crippen molar-refractivity contribution in [2.24, 2.45) is 11.7 Å². The van der Waals surface area contributed by atoms with Gasteiger partial charge in [-0.1, -0.05) is 85.0 Å². The van der Waals surface area contributed by atoms with Gasteiger partial charge < -0.3 is 5.73 Å². The second kappa shape index (κ2) is 14.4. The predicted octanol–water partition coefficient (Wildman–Crippen LogP) is 6.06. The molecule has 0 rings (SSSR count). The first-order valence-corrected chi connectivity index (χ1v) is 8.96. The lowest BCUT2D eigenvalue weighted by Gasteiger charge is -2.15. The van der Waals surface area contributed by atoms with Crippen LogP contribution in [0.15, 0.2) is 0 Å². The van der Waals surface area contributed by atoms with Crippen LogP contribution in [-0.4, -0.2) is 6.04 Å². The van der Waals surface area contributed by atoms with Gasteiger partial charge >= 0.3 is 0 Å². The molecule has 0 aliphatic carbocycles. The van der Waals surface area contributed by atoms with Crippen LogP contribution in [-0.2, 0) is 0 Å². The molecular weight excluding hydrogens is 230 g/mol. The van der Waals surface area contributed by atoms with Gasteiger partial charge in [-0.15, -0.1) is 0 Å². The Morgan fingerprint density at radius 1 is 0.632 bits per heavy atom. The van der Waals surface area contributed by atoms with Gasteiger partial charge in [0.15, 0.2) is 0 Å². The van der Waals surface area contributed by atoms with Gasteiger partial charge in [0.1, 0.15) is 0 Å². The average molecular weight is 270 g/mol. The SMILES string of the molecule is CCCCCCCC(N)CCC(C)CCCCCC. The van der Waals surface area contributed by atoms with Crippen LogP contribution < -0.4 is 5.73 Å². The molecule has 1 nitrogen and oxygen atoms in total. The largest absolute Gasteiger partial charge is 0.328 e. The second-order valence-electron chi connectivity index (χ2n) is 6.49. The molecule has 0 aliphatic rings. The van der Waals surface area contributed by atoms with Gasteiger partial charge in [0.05, 0.1) is 0 Å². The van der Waals surface area contributed by atoms with Crippen molar-refractivity contribution in [1.29, 1.82) is 0 Å². The number of hydrogen-bond acceptors (Lipinski definition) is 1. The molecule has 116 valence electrons. The Hall–Kier alpha value is -0.0400. The molecule has 0 aliphatic heterocycles. The van der Waals surface area contributed by atoms with E-state index in [-0.39, 0.29) is 0 Å². The minimum Gasteiger partial charge on any atom is -0.328 e. The quantitative estimate of drug-likeness (QED) is 0.381. The van der Waals surface area contributed by atoms with E-state index in [9.17, 15) is 0 Å². The van der Waals surface area contributed by atoms with E-state index in [1.54, 1.807) is 0 Å². The van der Waals surface area contributed by atoms with Gasteiger partial charge in [0, 0.05) is 6.04 Å². The molecular formula is C18H39N. The summed E-state index contributed by atoms with van der Waals surface area (Å²) >= 11 is 0. The first-order chi connectivity index (χ1) is 9.20. The Bertz CT molecular complexity index is 167. The molecule has 0 saturated carbocycles. The minimum absolute atomic E-state index is 0.458. The Labute approximate surface area is 122 Å². The summed E-state index contributed by atoms with van der Waals surface area (Å²) in [4.78, 5) is 0. The molecule has 19 heavy (non-hydrogen) atoms. The fourth-order valence-electron chi connectivity index (χ4n) is 2.72. The van der Waals surface area contributed by atoms with E-state index in [2.05, 4.69) is 20.8 Å².